The maximum Gasteiger partial charge on any atom is 0.222 e. The number of fused-ring (bicyclic) bond motifs is 1. The van der Waals surface area contributed by atoms with Crippen LogP contribution < -0.4 is 0 Å². The second-order valence-corrected chi connectivity index (χ2v) is 5.61. The van der Waals surface area contributed by atoms with Crippen molar-refractivity contribution in [1.82, 2.24) is 24.7 Å². The van der Waals surface area contributed by atoms with Gasteiger partial charge in [0.2, 0.25) is 5.95 Å². The van der Waals surface area contributed by atoms with Crippen molar-refractivity contribution in [3.05, 3.63) is 36.3 Å². The minimum absolute atomic E-state index is 0.123. The van der Waals surface area contributed by atoms with Gasteiger partial charge in [-0.15, -0.1) is 0 Å². The van der Waals surface area contributed by atoms with E-state index in [1.807, 2.05) is 0 Å². The van der Waals surface area contributed by atoms with Crippen LogP contribution in [0, 0.1) is 12.9 Å². The van der Waals surface area contributed by atoms with Gasteiger partial charge in [-0.3, -0.25) is 0 Å². The molecule has 1 unspecified atom stereocenters. The second-order valence-electron chi connectivity index (χ2n) is 5.61. The number of pyridine rings is 1. The van der Waals surface area contributed by atoms with E-state index in [1.165, 1.54) is 6.20 Å². The van der Waals surface area contributed by atoms with Gasteiger partial charge in [0.15, 0.2) is 11.9 Å². The molecule has 0 saturated carbocycles. The molecule has 118 valence electrons. The molecule has 0 aliphatic carbocycles. The summed E-state index contributed by atoms with van der Waals surface area (Å²) in [7, 11) is 0. The molecular weight excluding hydrogens is 297 g/mol. The van der Waals surface area contributed by atoms with E-state index in [4.69, 9.17) is 4.74 Å². The summed E-state index contributed by atoms with van der Waals surface area (Å²) in [5.41, 5.74) is 1.54. The van der Waals surface area contributed by atoms with Crippen molar-refractivity contribution >= 4 is 11.0 Å². The number of nitrogens with zero attached hydrogens (tertiary/aromatic N) is 5. The first kappa shape index (κ1) is 14.2. The Labute approximate surface area is 132 Å². The molecule has 0 aromatic carbocycles. The van der Waals surface area contributed by atoms with E-state index in [-0.39, 0.29) is 6.23 Å². The van der Waals surface area contributed by atoms with Crippen molar-refractivity contribution < 1.29 is 9.13 Å². The largest absolute Gasteiger partial charge is 0.356 e. The summed E-state index contributed by atoms with van der Waals surface area (Å²) >= 11 is 0. The fraction of sp³-hybridized carbons (Fsp3) is 0.375. The third-order valence-corrected chi connectivity index (χ3v) is 4.01. The molecule has 4 rings (SSSR count). The maximum atomic E-state index is 14.1. The first-order chi connectivity index (χ1) is 11.2. The van der Waals surface area contributed by atoms with E-state index in [0.29, 0.717) is 28.1 Å². The van der Waals surface area contributed by atoms with Crippen LogP contribution in [0.3, 0.4) is 0 Å². The smallest absolute Gasteiger partial charge is 0.222 e. The van der Waals surface area contributed by atoms with Crippen molar-refractivity contribution in [1.29, 1.82) is 0 Å². The third-order valence-electron chi connectivity index (χ3n) is 4.01. The molecule has 3 aromatic rings. The zero-order chi connectivity index (χ0) is 15.8. The zero-order valence-electron chi connectivity index (χ0n) is 12.7. The molecule has 0 spiro atoms. The molecule has 1 aliphatic heterocycles. The molecule has 1 atom stereocenters. The monoisotopic (exact) mass is 313 g/mol. The van der Waals surface area contributed by atoms with Crippen LogP contribution in [0.15, 0.2) is 24.5 Å². The van der Waals surface area contributed by atoms with Crippen molar-refractivity contribution in [3.8, 4) is 11.3 Å². The normalized spacial score (nSPS) is 18.4. The summed E-state index contributed by atoms with van der Waals surface area (Å²) in [5, 5.41) is 5.13. The van der Waals surface area contributed by atoms with E-state index in [0.717, 1.165) is 25.9 Å². The van der Waals surface area contributed by atoms with Crippen LogP contribution in [0.4, 0.5) is 4.39 Å². The lowest BCUT2D eigenvalue weighted by molar-refractivity contribution is -0.0370. The maximum absolute atomic E-state index is 14.1. The number of aryl methyl sites for hydroxylation is 1. The second kappa shape index (κ2) is 5.66. The number of halogens is 1. The molecule has 23 heavy (non-hydrogen) atoms. The summed E-state index contributed by atoms with van der Waals surface area (Å²) in [5.74, 6) is 0.0156. The van der Waals surface area contributed by atoms with Crippen LogP contribution in [0.5, 0.6) is 0 Å². The third kappa shape index (κ3) is 2.46. The van der Waals surface area contributed by atoms with Gasteiger partial charge in [-0.05, 0) is 38.3 Å². The van der Waals surface area contributed by atoms with E-state index < -0.39 is 5.95 Å². The lowest BCUT2D eigenvalue weighted by Gasteiger charge is -2.23. The minimum Gasteiger partial charge on any atom is -0.356 e. The number of aromatic nitrogens is 5. The molecule has 6 nitrogen and oxygen atoms in total. The molecule has 1 aliphatic rings. The average Bonchev–Trinajstić information content (AvgIpc) is 2.99. The Morgan fingerprint density at radius 2 is 2.22 bits per heavy atom. The van der Waals surface area contributed by atoms with Crippen LogP contribution in [0.1, 0.15) is 31.3 Å². The molecular formula is C16H16FN5O. The van der Waals surface area contributed by atoms with E-state index in [9.17, 15) is 4.39 Å². The Balaban J connectivity index is 1.90. The topological polar surface area (TPSA) is 65.7 Å². The molecule has 0 radical (unpaired) electrons. The summed E-state index contributed by atoms with van der Waals surface area (Å²) in [6, 6.07) is 3.36. The molecule has 4 heterocycles. The summed E-state index contributed by atoms with van der Waals surface area (Å²) in [6.45, 7) is 2.51. The predicted octanol–water partition coefficient (Wildman–Crippen LogP) is 3.03. The standard InChI is InChI=1S/C16H16FN5O/c1-10-20-14(11-5-4-7-18-15(11)17)12-9-19-22(16(12)21-10)13-6-2-3-8-23-13/h4-5,7,9,13H,2-3,6,8H2,1H3. The van der Waals surface area contributed by atoms with E-state index >= 15 is 0 Å². The molecule has 1 fully saturated rings. The van der Waals surface area contributed by atoms with Gasteiger partial charge < -0.3 is 4.74 Å². The minimum atomic E-state index is -0.548. The molecule has 0 amide bonds. The van der Waals surface area contributed by atoms with Crippen LogP contribution in [-0.2, 0) is 4.74 Å². The fourth-order valence-electron chi connectivity index (χ4n) is 2.93. The molecule has 1 saturated heterocycles. The highest BCUT2D eigenvalue weighted by Gasteiger charge is 2.22. The van der Waals surface area contributed by atoms with Gasteiger partial charge in [0.05, 0.1) is 22.8 Å². The Morgan fingerprint density at radius 1 is 1.30 bits per heavy atom. The Bertz CT molecular complexity index is 857. The van der Waals surface area contributed by atoms with Crippen molar-refractivity contribution in [3.63, 3.8) is 0 Å². The van der Waals surface area contributed by atoms with Gasteiger partial charge in [-0.1, -0.05) is 0 Å². The molecule has 0 N–H and O–H groups in total. The van der Waals surface area contributed by atoms with Crippen molar-refractivity contribution in [2.45, 2.75) is 32.4 Å². The fourth-order valence-corrected chi connectivity index (χ4v) is 2.93. The van der Waals surface area contributed by atoms with E-state index in [1.54, 1.807) is 29.9 Å². The van der Waals surface area contributed by atoms with Crippen molar-refractivity contribution in [2.75, 3.05) is 6.61 Å². The van der Waals surface area contributed by atoms with Gasteiger partial charge >= 0.3 is 0 Å². The van der Waals surface area contributed by atoms with Crippen LogP contribution in [0.2, 0.25) is 0 Å². The average molecular weight is 313 g/mol. The highest BCUT2D eigenvalue weighted by Crippen LogP contribution is 2.30. The number of ether oxygens (including phenoxy) is 1. The summed E-state index contributed by atoms with van der Waals surface area (Å²) in [6.07, 6.45) is 6.03. The molecule has 0 bridgehead atoms. The SMILES string of the molecule is Cc1nc(-c2cccnc2F)c2cnn(C3CCCCO3)c2n1. The van der Waals surface area contributed by atoms with Gasteiger partial charge in [-0.25, -0.2) is 19.6 Å². The first-order valence-electron chi connectivity index (χ1n) is 7.68. The number of hydrogen-bond donors (Lipinski definition) is 0. The highest BCUT2D eigenvalue weighted by atomic mass is 19.1. The Kier molecular flexibility index (Phi) is 3.49. The van der Waals surface area contributed by atoms with Crippen LogP contribution in [-0.4, -0.2) is 31.3 Å². The Hall–Kier alpha value is -2.41. The van der Waals surface area contributed by atoms with Gasteiger partial charge in [0.25, 0.3) is 0 Å². The summed E-state index contributed by atoms with van der Waals surface area (Å²) < 4.78 is 21.6. The van der Waals surface area contributed by atoms with E-state index in [2.05, 4.69) is 20.1 Å². The predicted molar refractivity (Wildman–Crippen MR) is 82.1 cm³/mol. The highest BCUT2D eigenvalue weighted by molar-refractivity contribution is 5.90. The van der Waals surface area contributed by atoms with Gasteiger partial charge in [0, 0.05) is 12.8 Å². The van der Waals surface area contributed by atoms with Crippen LogP contribution in [0.25, 0.3) is 22.3 Å². The lowest BCUT2D eigenvalue weighted by Crippen LogP contribution is -2.19. The molecule has 3 aromatic heterocycles. The summed E-state index contributed by atoms with van der Waals surface area (Å²) in [4.78, 5) is 12.6. The zero-order valence-corrected chi connectivity index (χ0v) is 12.7. The van der Waals surface area contributed by atoms with Gasteiger partial charge in [-0.2, -0.15) is 9.49 Å². The number of rotatable bonds is 2. The van der Waals surface area contributed by atoms with Gasteiger partial charge in [0.1, 0.15) is 5.82 Å². The number of hydrogen-bond acceptors (Lipinski definition) is 5. The first-order valence-corrected chi connectivity index (χ1v) is 7.68. The quantitative estimate of drug-likeness (QED) is 0.680. The van der Waals surface area contributed by atoms with Crippen molar-refractivity contribution in [2.24, 2.45) is 0 Å². The Morgan fingerprint density at radius 3 is 3.00 bits per heavy atom. The molecule has 7 heteroatoms. The lowest BCUT2D eigenvalue weighted by atomic mass is 10.1. The van der Waals surface area contributed by atoms with Crippen LogP contribution >= 0.6 is 0 Å².